The number of para-hydroxylation sites is 1. The predicted octanol–water partition coefficient (Wildman–Crippen LogP) is 4.39. The number of aromatic nitrogens is 1. The van der Waals surface area contributed by atoms with Gasteiger partial charge in [-0.25, -0.2) is 0 Å². The van der Waals surface area contributed by atoms with E-state index in [0.29, 0.717) is 6.42 Å². The quantitative estimate of drug-likeness (QED) is 0.760. The SMILES string of the molecule is COc1ccc(C2CCCN2C(=O)Cc2c(C)[nH]c3ccccc23)cc1. The smallest absolute Gasteiger partial charge is 0.227 e. The van der Waals surface area contributed by atoms with Gasteiger partial charge in [-0.1, -0.05) is 30.3 Å². The van der Waals surface area contributed by atoms with Gasteiger partial charge in [-0.3, -0.25) is 4.79 Å². The van der Waals surface area contributed by atoms with Crippen LogP contribution in [0.3, 0.4) is 0 Å². The summed E-state index contributed by atoms with van der Waals surface area (Å²) in [6, 6.07) is 16.5. The fraction of sp³-hybridized carbons (Fsp3) is 0.318. The third-order valence-electron chi connectivity index (χ3n) is 5.43. The van der Waals surface area contributed by atoms with E-state index in [1.165, 1.54) is 5.56 Å². The second-order valence-electron chi connectivity index (χ2n) is 6.97. The molecule has 2 aromatic carbocycles. The number of fused-ring (bicyclic) bond motifs is 1. The summed E-state index contributed by atoms with van der Waals surface area (Å²) in [5, 5.41) is 1.15. The van der Waals surface area contributed by atoms with E-state index in [1.807, 2.05) is 36.1 Å². The van der Waals surface area contributed by atoms with Crippen molar-refractivity contribution in [2.45, 2.75) is 32.2 Å². The molecular formula is C22H24N2O2. The highest BCUT2D eigenvalue weighted by Gasteiger charge is 2.30. The maximum absolute atomic E-state index is 13.1. The molecule has 4 heteroatoms. The fourth-order valence-electron chi connectivity index (χ4n) is 4.05. The molecule has 0 saturated carbocycles. The first-order valence-electron chi connectivity index (χ1n) is 9.17. The van der Waals surface area contributed by atoms with E-state index in [2.05, 4.69) is 29.2 Å². The zero-order chi connectivity index (χ0) is 18.1. The van der Waals surface area contributed by atoms with Crippen LogP contribution in [0.15, 0.2) is 48.5 Å². The number of likely N-dealkylation sites (tertiary alicyclic amines) is 1. The molecule has 1 aromatic heterocycles. The molecule has 1 N–H and O–H groups in total. The van der Waals surface area contributed by atoms with Gasteiger partial charge in [0.1, 0.15) is 5.75 Å². The van der Waals surface area contributed by atoms with Crippen molar-refractivity contribution in [3.63, 3.8) is 0 Å². The summed E-state index contributed by atoms with van der Waals surface area (Å²) in [6.07, 6.45) is 2.52. The number of carbonyl (C=O) groups is 1. The number of nitrogens with zero attached hydrogens (tertiary/aromatic N) is 1. The lowest BCUT2D eigenvalue weighted by Gasteiger charge is -2.25. The molecule has 1 aliphatic rings. The minimum Gasteiger partial charge on any atom is -0.497 e. The maximum Gasteiger partial charge on any atom is 0.227 e. The topological polar surface area (TPSA) is 45.3 Å². The number of benzene rings is 2. The Kier molecular flexibility index (Phi) is 4.41. The van der Waals surface area contributed by atoms with Crippen LogP contribution in [0, 0.1) is 6.92 Å². The highest BCUT2D eigenvalue weighted by molar-refractivity contribution is 5.90. The van der Waals surface area contributed by atoms with Gasteiger partial charge in [-0.15, -0.1) is 0 Å². The second-order valence-corrected chi connectivity index (χ2v) is 6.97. The van der Waals surface area contributed by atoms with Crippen LogP contribution in [0.5, 0.6) is 5.75 Å². The lowest BCUT2D eigenvalue weighted by atomic mass is 10.0. The number of amides is 1. The minimum absolute atomic E-state index is 0.166. The van der Waals surface area contributed by atoms with Crippen LogP contribution in [0.4, 0.5) is 0 Å². The molecule has 26 heavy (non-hydrogen) atoms. The van der Waals surface area contributed by atoms with Crippen LogP contribution in [0.25, 0.3) is 10.9 Å². The first-order valence-corrected chi connectivity index (χ1v) is 9.17. The highest BCUT2D eigenvalue weighted by Crippen LogP contribution is 2.34. The van der Waals surface area contributed by atoms with E-state index in [9.17, 15) is 4.79 Å². The normalized spacial score (nSPS) is 17.0. The van der Waals surface area contributed by atoms with Crippen LogP contribution in [-0.2, 0) is 11.2 Å². The Morgan fingerprint density at radius 3 is 2.73 bits per heavy atom. The molecule has 4 nitrogen and oxygen atoms in total. The van der Waals surface area contributed by atoms with Crippen molar-refractivity contribution in [1.82, 2.24) is 9.88 Å². The van der Waals surface area contributed by atoms with Crippen molar-refractivity contribution in [3.05, 3.63) is 65.4 Å². The molecule has 1 atom stereocenters. The van der Waals surface area contributed by atoms with Crippen LogP contribution < -0.4 is 4.74 Å². The van der Waals surface area contributed by atoms with Gasteiger partial charge in [0.15, 0.2) is 0 Å². The number of H-pyrrole nitrogens is 1. The van der Waals surface area contributed by atoms with Gasteiger partial charge in [0.2, 0.25) is 5.91 Å². The van der Waals surface area contributed by atoms with E-state index < -0.39 is 0 Å². The van der Waals surface area contributed by atoms with E-state index in [0.717, 1.165) is 47.3 Å². The van der Waals surface area contributed by atoms with E-state index in [4.69, 9.17) is 4.74 Å². The number of ether oxygens (including phenoxy) is 1. The van der Waals surface area contributed by atoms with Gasteiger partial charge in [-0.05, 0) is 49.1 Å². The van der Waals surface area contributed by atoms with Crippen LogP contribution >= 0.6 is 0 Å². The van der Waals surface area contributed by atoms with Crippen molar-refractivity contribution in [1.29, 1.82) is 0 Å². The first kappa shape index (κ1) is 16.7. The molecule has 1 saturated heterocycles. The predicted molar refractivity (Wildman–Crippen MR) is 103 cm³/mol. The number of hydrogen-bond acceptors (Lipinski definition) is 2. The van der Waals surface area contributed by atoms with Crippen LogP contribution in [-0.4, -0.2) is 29.4 Å². The molecule has 1 amide bonds. The number of rotatable bonds is 4. The molecule has 1 aliphatic heterocycles. The monoisotopic (exact) mass is 348 g/mol. The molecule has 0 aliphatic carbocycles. The average molecular weight is 348 g/mol. The average Bonchev–Trinajstić information content (AvgIpc) is 3.27. The van der Waals surface area contributed by atoms with Gasteiger partial charge in [-0.2, -0.15) is 0 Å². The van der Waals surface area contributed by atoms with Crippen molar-refractivity contribution in [3.8, 4) is 5.75 Å². The van der Waals surface area contributed by atoms with Crippen molar-refractivity contribution < 1.29 is 9.53 Å². The Morgan fingerprint density at radius 2 is 1.96 bits per heavy atom. The van der Waals surface area contributed by atoms with E-state index in [1.54, 1.807) is 7.11 Å². The van der Waals surface area contributed by atoms with Gasteiger partial charge >= 0.3 is 0 Å². The molecule has 1 unspecified atom stereocenters. The Balaban J connectivity index is 1.57. The third kappa shape index (κ3) is 2.96. The molecule has 0 spiro atoms. The summed E-state index contributed by atoms with van der Waals surface area (Å²) < 4.78 is 5.25. The Morgan fingerprint density at radius 1 is 1.19 bits per heavy atom. The summed E-state index contributed by atoms with van der Waals surface area (Å²) in [4.78, 5) is 18.5. The zero-order valence-corrected chi connectivity index (χ0v) is 15.3. The standard InChI is InChI=1S/C22H24N2O2/c1-15-19(18-6-3-4-7-20(18)23-15)14-22(25)24-13-5-8-21(24)16-9-11-17(26-2)12-10-16/h3-4,6-7,9-12,21,23H,5,8,13-14H2,1-2H3. The van der Waals surface area contributed by atoms with Crippen molar-refractivity contribution >= 4 is 16.8 Å². The number of methoxy groups -OCH3 is 1. The van der Waals surface area contributed by atoms with Crippen LogP contribution in [0.1, 0.15) is 35.7 Å². The third-order valence-corrected chi connectivity index (χ3v) is 5.43. The Labute approximate surface area is 153 Å². The molecule has 134 valence electrons. The van der Waals surface area contributed by atoms with E-state index >= 15 is 0 Å². The highest BCUT2D eigenvalue weighted by atomic mass is 16.5. The van der Waals surface area contributed by atoms with Gasteiger partial charge < -0.3 is 14.6 Å². The summed E-state index contributed by atoms with van der Waals surface area (Å²) in [5.74, 6) is 1.05. The minimum atomic E-state index is 0.166. The second kappa shape index (κ2) is 6.87. The number of aryl methyl sites for hydroxylation is 1. The number of carbonyl (C=O) groups excluding carboxylic acids is 1. The molecule has 4 rings (SSSR count). The molecule has 2 heterocycles. The van der Waals surface area contributed by atoms with Crippen molar-refractivity contribution in [2.24, 2.45) is 0 Å². The molecule has 1 fully saturated rings. The molecule has 0 bridgehead atoms. The zero-order valence-electron chi connectivity index (χ0n) is 15.3. The van der Waals surface area contributed by atoms with Gasteiger partial charge in [0, 0.05) is 23.1 Å². The number of hydrogen-bond donors (Lipinski definition) is 1. The largest absolute Gasteiger partial charge is 0.497 e. The summed E-state index contributed by atoms with van der Waals surface area (Å²) >= 11 is 0. The Hall–Kier alpha value is -2.75. The fourth-order valence-corrected chi connectivity index (χ4v) is 4.05. The maximum atomic E-state index is 13.1. The lowest BCUT2D eigenvalue weighted by molar-refractivity contribution is -0.131. The lowest BCUT2D eigenvalue weighted by Crippen LogP contribution is -2.31. The summed E-state index contributed by atoms with van der Waals surface area (Å²) in [5.41, 5.74) is 4.49. The molecule has 3 aromatic rings. The van der Waals surface area contributed by atoms with E-state index in [-0.39, 0.29) is 11.9 Å². The van der Waals surface area contributed by atoms with Crippen molar-refractivity contribution in [2.75, 3.05) is 13.7 Å². The van der Waals surface area contributed by atoms with Crippen LogP contribution in [0.2, 0.25) is 0 Å². The molecule has 0 radical (unpaired) electrons. The number of aromatic amines is 1. The summed E-state index contributed by atoms with van der Waals surface area (Å²) in [6.45, 7) is 2.88. The molecular weight excluding hydrogens is 324 g/mol. The number of nitrogens with one attached hydrogen (secondary N) is 1. The summed E-state index contributed by atoms with van der Waals surface area (Å²) in [7, 11) is 1.67. The Bertz CT molecular complexity index is 927. The first-order chi connectivity index (χ1) is 12.7. The van der Waals surface area contributed by atoms with Gasteiger partial charge in [0.25, 0.3) is 0 Å². The van der Waals surface area contributed by atoms with Gasteiger partial charge in [0.05, 0.1) is 19.6 Å².